The highest BCUT2D eigenvalue weighted by Gasteiger charge is 2.14. The maximum Gasteiger partial charge on any atom is 0.277 e. The van der Waals surface area contributed by atoms with Crippen LogP contribution >= 0.6 is 0 Å². The number of hydrogen-bond acceptors (Lipinski definition) is 5. The molecular formula is C13H17N5O2. The molecule has 1 aromatic heterocycles. The van der Waals surface area contributed by atoms with Gasteiger partial charge in [0, 0.05) is 17.8 Å². The molecule has 0 saturated heterocycles. The lowest BCUT2D eigenvalue weighted by Crippen LogP contribution is -2.14. The van der Waals surface area contributed by atoms with Crippen LogP contribution in [-0.4, -0.2) is 32.6 Å². The van der Waals surface area contributed by atoms with Gasteiger partial charge in [-0.3, -0.25) is 9.48 Å². The molecule has 0 aliphatic carbocycles. The Balaban J connectivity index is 2.15. The van der Waals surface area contributed by atoms with Gasteiger partial charge in [0.1, 0.15) is 0 Å². The monoisotopic (exact) mass is 275 g/mol. The molecule has 0 radical (unpaired) electrons. The molecule has 0 bridgehead atoms. The van der Waals surface area contributed by atoms with Crippen molar-refractivity contribution in [3.8, 4) is 0 Å². The second kappa shape index (κ2) is 6.27. The Labute approximate surface area is 116 Å². The number of nitrogens with one attached hydrogen (secondary N) is 1. The van der Waals surface area contributed by atoms with Crippen molar-refractivity contribution in [2.24, 2.45) is 5.73 Å². The molecule has 1 heterocycles. The first kappa shape index (κ1) is 14.2. The van der Waals surface area contributed by atoms with E-state index < -0.39 is 6.10 Å². The van der Waals surface area contributed by atoms with Gasteiger partial charge in [-0.2, -0.15) is 0 Å². The molecule has 106 valence electrons. The second-order valence-corrected chi connectivity index (χ2v) is 4.37. The van der Waals surface area contributed by atoms with Crippen molar-refractivity contribution in [2.45, 2.75) is 19.6 Å². The minimum Gasteiger partial charge on any atom is -0.389 e. The van der Waals surface area contributed by atoms with Gasteiger partial charge in [0.25, 0.3) is 5.91 Å². The fourth-order valence-electron chi connectivity index (χ4n) is 1.81. The number of hydrogen-bond donors (Lipinski definition) is 3. The number of para-hydroxylation sites is 1. The highest BCUT2D eigenvalue weighted by Crippen LogP contribution is 2.22. The third kappa shape index (κ3) is 3.19. The van der Waals surface area contributed by atoms with Crippen molar-refractivity contribution in [3.05, 3.63) is 41.7 Å². The lowest BCUT2D eigenvalue weighted by Gasteiger charge is -2.11. The predicted molar refractivity (Wildman–Crippen MR) is 74.1 cm³/mol. The normalized spacial score (nSPS) is 12.2. The Morgan fingerprint density at radius 2 is 2.25 bits per heavy atom. The van der Waals surface area contributed by atoms with Gasteiger partial charge in [0.15, 0.2) is 5.69 Å². The predicted octanol–water partition coefficient (Wildman–Crippen LogP) is 0.542. The molecule has 0 fully saturated rings. The number of amides is 1. The van der Waals surface area contributed by atoms with Crippen LogP contribution in [0.1, 0.15) is 29.1 Å². The number of nitrogens with zero attached hydrogens (tertiary/aromatic N) is 3. The summed E-state index contributed by atoms with van der Waals surface area (Å²) in [5, 5.41) is 20.0. The first-order valence-corrected chi connectivity index (χ1v) is 6.30. The Morgan fingerprint density at radius 3 is 2.95 bits per heavy atom. The van der Waals surface area contributed by atoms with Crippen LogP contribution in [0.2, 0.25) is 0 Å². The molecule has 7 nitrogen and oxygen atoms in total. The van der Waals surface area contributed by atoms with E-state index in [1.165, 1.54) is 10.9 Å². The number of carbonyl (C=O) groups excluding carboxylic acids is 1. The third-order valence-electron chi connectivity index (χ3n) is 2.79. The molecule has 1 amide bonds. The zero-order chi connectivity index (χ0) is 14.5. The maximum atomic E-state index is 12.1. The average Bonchev–Trinajstić information content (AvgIpc) is 2.88. The van der Waals surface area contributed by atoms with E-state index in [1.54, 1.807) is 31.2 Å². The first-order chi connectivity index (χ1) is 9.61. The number of aliphatic hydroxyl groups is 1. The van der Waals surface area contributed by atoms with Crippen molar-refractivity contribution in [2.75, 3.05) is 11.9 Å². The highest BCUT2D eigenvalue weighted by molar-refractivity contribution is 6.03. The fraction of sp³-hybridized carbons (Fsp3) is 0.308. The highest BCUT2D eigenvalue weighted by atomic mass is 16.3. The second-order valence-electron chi connectivity index (χ2n) is 4.37. The summed E-state index contributed by atoms with van der Waals surface area (Å²) in [5.41, 5.74) is 6.82. The molecule has 20 heavy (non-hydrogen) atoms. The van der Waals surface area contributed by atoms with Crippen LogP contribution in [-0.2, 0) is 6.54 Å². The van der Waals surface area contributed by atoms with Crippen LogP contribution in [0.25, 0.3) is 0 Å². The largest absolute Gasteiger partial charge is 0.389 e. The fourth-order valence-corrected chi connectivity index (χ4v) is 1.81. The van der Waals surface area contributed by atoms with Gasteiger partial charge in [0.05, 0.1) is 18.8 Å². The van der Waals surface area contributed by atoms with Crippen LogP contribution < -0.4 is 11.1 Å². The van der Waals surface area contributed by atoms with E-state index in [0.29, 0.717) is 24.3 Å². The van der Waals surface area contributed by atoms with Crippen molar-refractivity contribution >= 4 is 11.6 Å². The third-order valence-corrected chi connectivity index (χ3v) is 2.79. The van der Waals surface area contributed by atoms with Crippen LogP contribution in [0.3, 0.4) is 0 Å². The standard InChI is InChI=1S/C13H17N5O2/c1-9(19)10-4-2-3-5-11(10)15-13(20)12-8-18(7-6-14)17-16-12/h2-5,8-9,19H,6-7,14H2,1H3,(H,15,20). The summed E-state index contributed by atoms with van der Waals surface area (Å²) in [4.78, 5) is 12.1. The number of nitrogens with two attached hydrogens (primary N) is 1. The van der Waals surface area contributed by atoms with Crippen LogP contribution in [0.5, 0.6) is 0 Å². The van der Waals surface area contributed by atoms with Crippen molar-refractivity contribution < 1.29 is 9.90 Å². The average molecular weight is 275 g/mol. The molecule has 1 unspecified atom stereocenters. The van der Waals surface area contributed by atoms with E-state index in [4.69, 9.17) is 5.73 Å². The van der Waals surface area contributed by atoms with Crippen LogP contribution in [0, 0.1) is 0 Å². The Kier molecular flexibility index (Phi) is 4.44. The number of carbonyl (C=O) groups is 1. The van der Waals surface area contributed by atoms with Gasteiger partial charge in [-0.15, -0.1) is 5.10 Å². The number of benzene rings is 1. The molecule has 0 aliphatic rings. The van der Waals surface area contributed by atoms with Gasteiger partial charge in [-0.05, 0) is 13.0 Å². The van der Waals surface area contributed by atoms with Gasteiger partial charge in [-0.1, -0.05) is 23.4 Å². The molecular weight excluding hydrogens is 258 g/mol. The summed E-state index contributed by atoms with van der Waals surface area (Å²) < 4.78 is 1.51. The Morgan fingerprint density at radius 1 is 1.50 bits per heavy atom. The summed E-state index contributed by atoms with van der Waals surface area (Å²) >= 11 is 0. The smallest absolute Gasteiger partial charge is 0.277 e. The zero-order valence-electron chi connectivity index (χ0n) is 11.2. The Bertz CT molecular complexity index is 594. The molecule has 7 heteroatoms. The number of anilines is 1. The molecule has 4 N–H and O–H groups in total. The molecule has 1 aromatic carbocycles. The van der Waals surface area contributed by atoms with E-state index in [2.05, 4.69) is 15.6 Å². The molecule has 0 aliphatic heterocycles. The molecule has 1 atom stereocenters. The van der Waals surface area contributed by atoms with E-state index in [1.807, 2.05) is 0 Å². The zero-order valence-corrected chi connectivity index (χ0v) is 11.2. The van der Waals surface area contributed by atoms with E-state index >= 15 is 0 Å². The number of aromatic nitrogens is 3. The molecule has 2 rings (SSSR count). The van der Waals surface area contributed by atoms with Crippen molar-refractivity contribution in [1.29, 1.82) is 0 Å². The van der Waals surface area contributed by atoms with Crippen molar-refractivity contribution in [3.63, 3.8) is 0 Å². The minimum absolute atomic E-state index is 0.207. The van der Waals surface area contributed by atoms with Gasteiger partial charge < -0.3 is 16.2 Å². The van der Waals surface area contributed by atoms with Gasteiger partial charge >= 0.3 is 0 Å². The summed E-state index contributed by atoms with van der Waals surface area (Å²) in [6.45, 7) is 2.57. The van der Waals surface area contributed by atoms with Crippen LogP contribution in [0.15, 0.2) is 30.5 Å². The first-order valence-electron chi connectivity index (χ1n) is 6.30. The molecule has 0 spiro atoms. The minimum atomic E-state index is -0.667. The van der Waals surface area contributed by atoms with E-state index in [0.717, 1.165) is 0 Å². The summed E-state index contributed by atoms with van der Waals surface area (Å²) in [6.07, 6.45) is 0.868. The number of aliphatic hydroxyl groups excluding tert-OH is 1. The topological polar surface area (TPSA) is 106 Å². The maximum absolute atomic E-state index is 12.1. The molecule has 0 saturated carbocycles. The lowest BCUT2D eigenvalue weighted by atomic mass is 10.1. The lowest BCUT2D eigenvalue weighted by molar-refractivity contribution is 0.102. The summed E-state index contributed by atoms with van der Waals surface area (Å²) in [5.74, 6) is -0.374. The van der Waals surface area contributed by atoms with Gasteiger partial charge in [0.2, 0.25) is 0 Å². The Hall–Kier alpha value is -2.25. The number of rotatable bonds is 5. The quantitative estimate of drug-likeness (QED) is 0.738. The molecule has 2 aromatic rings. The van der Waals surface area contributed by atoms with Crippen LogP contribution in [0.4, 0.5) is 5.69 Å². The van der Waals surface area contributed by atoms with E-state index in [9.17, 15) is 9.90 Å². The van der Waals surface area contributed by atoms with E-state index in [-0.39, 0.29) is 11.6 Å². The summed E-state index contributed by atoms with van der Waals surface area (Å²) in [6, 6.07) is 7.07. The SMILES string of the molecule is CC(O)c1ccccc1NC(=O)c1cn(CCN)nn1. The van der Waals surface area contributed by atoms with Crippen molar-refractivity contribution in [1.82, 2.24) is 15.0 Å². The summed E-state index contributed by atoms with van der Waals surface area (Å²) in [7, 11) is 0. The van der Waals surface area contributed by atoms with Gasteiger partial charge in [-0.25, -0.2) is 0 Å².